The van der Waals surface area contributed by atoms with Gasteiger partial charge in [-0.1, -0.05) is 6.92 Å². The second kappa shape index (κ2) is 5.44. The molecule has 0 spiro atoms. The SMILES string of the molecule is CCSCc1nc2c(c(C(F)(F)F)n1)CCNC2. The fourth-order valence-corrected chi connectivity index (χ4v) is 2.42. The van der Waals surface area contributed by atoms with E-state index in [4.69, 9.17) is 0 Å². The maximum Gasteiger partial charge on any atom is 0.433 e. The minimum absolute atomic E-state index is 0.256. The number of hydrogen-bond acceptors (Lipinski definition) is 4. The summed E-state index contributed by atoms with van der Waals surface area (Å²) in [4.78, 5) is 7.94. The Balaban J connectivity index is 2.41. The molecule has 0 fully saturated rings. The van der Waals surface area contributed by atoms with Crippen LogP contribution in [0.15, 0.2) is 0 Å². The van der Waals surface area contributed by atoms with Gasteiger partial charge in [0.1, 0.15) is 5.82 Å². The molecule has 3 nitrogen and oxygen atoms in total. The average Bonchev–Trinajstić information content (AvgIpc) is 2.34. The summed E-state index contributed by atoms with van der Waals surface area (Å²) in [6.07, 6.45) is -4.05. The lowest BCUT2D eigenvalue weighted by molar-refractivity contribution is -0.142. The summed E-state index contributed by atoms with van der Waals surface area (Å²) in [5, 5.41) is 3.04. The van der Waals surface area contributed by atoms with E-state index in [1.807, 2.05) is 6.92 Å². The fourth-order valence-electron chi connectivity index (χ4n) is 1.90. The largest absolute Gasteiger partial charge is 0.433 e. The summed E-state index contributed by atoms with van der Waals surface area (Å²) in [7, 11) is 0. The van der Waals surface area contributed by atoms with Crippen molar-refractivity contribution >= 4 is 11.8 Å². The van der Waals surface area contributed by atoms with E-state index in [0.29, 0.717) is 31.0 Å². The highest BCUT2D eigenvalue weighted by molar-refractivity contribution is 7.98. The maximum absolute atomic E-state index is 13.0. The number of aromatic nitrogens is 2. The molecule has 7 heteroatoms. The highest BCUT2D eigenvalue weighted by atomic mass is 32.2. The van der Waals surface area contributed by atoms with Crippen molar-refractivity contribution in [3.63, 3.8) is 0 Å². The second-order valence-corrected chi connectivity index (χ2v) is 5.25. The number of halogens is 3. The minimum Gasteiger partial charge on any atom is -0.311 e. The molecule has 100 valence electrons. The van der Waals surface area contributed by atoms with Crippen LogP contribution in [0.4, 0.5) is 13.2 Å². The van der Waals surface area contributed by atoms with Gasteiger partial charge in [0.25, 0.3) is 0 Å². The summed E-state index contributed by atoms with van der Waals surface area (Å²) in [5.74, 6) is 1.53. The van der Waals surface area contributed by atoms with Gasteiger partial charge in [0.05, 0.1) is 11.4 Å². The first-order valence-electron chi connectivity index (χ1n) is 5.76. The van der Waals surface area contributed by atoms with Crippen molar-refractivity contribution in [3.05, 3.63) is 22.8 Å². The van der Waals surface area contributed by atoms with Gasteiger partial charge in [-0.15, -0.1) is 0 Å². The number of alkyl halides is 3. The van der Waals surface area contributed by atoms with Crippen LogP contribution in [0.25, 0.3) is 0 Å². The zero-order valence-electron chi connectivity index (χ0n) is 9.97. The average molecular weight is 277 g/mol. The minimum atomic E-state index is -4.39. The van der Waals surface area contributed by atoms with Crippen LogP contribution in [0.2, 0.25) is 0 Å². The van der Waals surface area contributed by atoms with Crippen LogP contribution in [-0.2, 0) is 24.9 Å². The van der Waals surface area contributed by atoms with Crippen molar-refractivity contribution in [1.29, 1.82) is 0 Å². The predicted molar refractivity (Wildman–Crippen MR) is 64.3 cm³/mol. The van der Waals surface area contributed by atoms with Crippen LogP contribution in [-0.4, -0.2) is 22.3 Å². The van der Waals surface area contributed by atoms with E-state index in [-0.39, 0.29) is 11.4 Å². The topological polar surface area (TPSA) is 37.8 Å². The lowest BCUT2D eigenvalue weighted by Gasteiger charge is -2.21. The molecule has 1 aromatic heterocycles. The van der Waals surface area contributed by atoms with Crippen molar-refractivity contribution in [2.24, 2.45) is 0 Å². The second-order valence-electron chi connectivity index (χ2n) is 3.98. The zero-order valence-corrected chi connectivity index (χ0v) is 10.8. The number of hydrogen-bond donors (Lipinski definition) is 1. The van der Waals surface area contributed by atoms with Crippen LogP contribution in [0, 0.1) is 0 Å². The van der Waals surface area contributed by atoms with Crippen LogP contribution < -0.4 is 5.32 Å². The summed E-state index contributed by atoms with van der Waals surface area (Å²) in [6.45, 7) is 2.89. The van der Waals surface area contributed by atoms with Crippen molar-refractivity contribution in [2.75, 3.05) is 12.3 Å². The molecule has 2 rings (SSSR count). The first kappa shape index (κ1) is 13.6. The molecule has 0 aliphatic carbocycles. The Morgan fingerprint density at radius 1 is 1.33 bits per heavy atom. The van der Waals surface area contributed by atoms with Gasteiger partial charge in [-0.05, 0) is 18.7 Å². The fraction of sp³-hybridized carbons (Fsp3) is 0.636. The van der Waals surface area contributed by atoms with E-state index in [1.165, 1.54) is 11.8 Å². The van der Waals surface area contributed by atoms with Gasteiger partial charge in [0, 0.05) is 12.1 Å². The smallest absolute Gasteiger partial charge is 0.311 e. The Kier molecular flexibility index (Phi) is 4.11. The number of rotatable bonds is 3. The van der Waals surface area contributed by atoms with Crippen LogP contribution >= 0.6 is 11.8 Å². The van der Waals surface area contributed by atoms with E-state index in [1.54, 1.807) is 0 Å². The van der Waals surface area contributed by atoms with E-state index in [0.717, 1.165) is 5.75 Å². The summed E-state index contributed by atoms with van der Waals surface area (Å²) >= 11 is 1.52. The van der Waals surface area contributed by atoms with Gasteiger partial charge in [0.15, 0.2) is 5.69 Å². The van der Waals surface area contributed by atoms with Crippen LogP contribution in [0.5, 0.6) is 0 Å². The lowest BCUT2D eigenvalue weighted by atomic mass is 10.0. The van der Waals surface area contributed by atoms with Gasteiger partial charge in [-0.25, -0.2) is 9.97 Å². The first-order chi connectivity index (χ1) is 8.52. The van der Waals surface area contributed by atoms with Crippen LogP contribution in [0.3, 0.4) is 0 Å². The zero-order chi connectivity index (χ0) is 13.2. The lowest BCUT2D eigenvalue weighted by Crippen LogP contribution is -2.29. The predicted octanol–water partition coefficient (Wildman–Crippen LogP) is 2.39. The number of nitrogens with zero attached hydrogens (tertiary/aromatic N) is 2. The van der Waals surface area contributed by atoms with Gasteiger partial charge in [-0.3, -0.25) is 0 Å². The molecule has 0 saturated heterocycles. The third-order valence-electron chi connectivity index (χ3n) is 2.69. The molecule has 18 heavy (non-hydrogen) atoms. The molecule has 0 aromatic carbocycles. The van der Waals surface area contributed by atoms with Crippen molar-refractivity contribution in [2.45, 2.75) is 31.8 Å². The Bertz CT molecular complexity index is 434. The Morgan fingerprint density at radius 3 is 2.78 bits per heavy atom. The number of nitrogens with one attached hydrogen (secondary N) is 1. The summed E-state index contributed by atoms with van der Waals surface area (Å²) < 4.78 is 38.9. The first-order valence-corrected chi connectivity index (χ1v) is 6.92. The molecule has 0 unspecified atom stereocenters. The van der Waals surface area contributed by atoms with Crippen LogP contribution in [0.1, 0.15) is 29.7 Å². The molecule has 0 radical (unpaired) electrons. The third-order valence-corrected chi connectivity index (χ3v) is 3.56. The number of thioether (sulfide) groups is 1. The monoisotopic (exact) mass is 277 g/mol. The molecule has 1 aliphatic rings. The molecule has 1 N–H and O–H groups in total. The summed E-state index contributed by atoms with van der Waals surface area (Å²) in [6, 6.07) is 0. The molecular formula is C11H14F3N3S. The van der Waals surface area contributed by atoms with E-state index in [9.17, 15) is 13.2 Å². The van der Waals surface area contributed by atoms with Crippen molar-refractivity contribution < 1.29 is 13.2 Å². The molecule has 0 amide bonds. The van der Waals surface area contributed by atoms with Gasteiger partial charge < -0.3 is 5.32 Å². The molecule has 0 saturated carbocycles. The molecule has 0 bridgehead atoms. The maximum atomic E-state index is 13.0. The van der Waals surface area contributed by atoms with Crippen molar-refractivity contribution in [3.8, 4) is 0 Å². The molecule has 1 aromatic rings. The quantitative estimate of drug-likeness (QED) is 0.920. The van der Waals surface area contributed by atoms with Gasteiger partial charge in [0.2, 0.25) is 0 Å². The van der Waals surface area contributed by atoms with Gasteiger partial charge >= 0.3 is 6.18 Å². The molecule has 1 aliphatic heterocycles. The van der Waals surface area contributed by atoms with E-state index >= 15 is 0 Å². The van der Waals surface area contributed by atoms with E-state index in [2.05, 4.69) is 15.3 Å². The van der Waals surface area contributed by atoms with Gasteiger partial charge in [-0.2, -0.15) is 24.9 Å². The standard InChI is InChI=1S/C11H14F3N3S/c1-2-18-6-9-16-8-5-15-4-3-7(8)10(17-9)11(12,13)14/h15H,2-6H2,1H3. The van der Waals surface area contributed by atoms with Crippen molar-refractivity contribution in [1.82, 2.24) is 15.3 Å². The molecular weight excluding hydrogens is 263 g/mol. The van der Waals surface area contributed by atoms with E-state index < -0.39 is 11.9 Å². The normalized spacial score (nSPS) is 15.6. The Morgan fingerprint density at radius 2 is 2.11 bits per heavy atom. The number of fused-ring (bicyclic) bond motifs is 1. The molecule has 2 heterocycles. The Labute approximate surface area is 108 Å². The Hall–Kier alpha value is -0.820. The highest BCUT2D eigenvalue weighted by Crippen LogP contribution is 2.33. The molecule has 0 atom stereocenters. The summed E-state index contributed by atoms with van der Waals surface area (Å²) in [5.41, 5.74) is 0.00230. The third kappa shape index (κ3) is 2.95. The highest BCUT2D eigenvalue weighted by Gasteiger charge is 2.37.